The first-order valence-corrected chi connectivity index (χ1v) is 7.10. The van der Waals surface area contributed by atoms with E-state index in [0.717, 1.165) is 44.4 Å². The van der Waals surface area contributed by atoms with Crippen LogP contribution in [0.15, 0.2) is 41.3 Å². The number of aromatic nitrogens is 2. The maximum Gasteiger partial charge on any atom is 0.225 e. The average Bonchev–Trinajstić information content (AvgIpc) is 3.09. The maximum atomic E-state index is 5.41. The fourth-order valence-electron chi connectivity index (χ4n) is 3.46. The van der Waals surface area contributed by atoms with Gasteiger partial charge in [-0.3, -0.25) is 4.90 Å². The molecule has 2 fully saturated rings. The first-order valence-electron chi connectivity index (χ1n) is 7.10. The molecular weight excluding hydrogens is 252 g/mol. The highest BCUT2D eigenvalue weighted by Gasteiger charge is 2.48. The van der Waals surface area contributed by atoms with Gasteiger partial charge in [-0.05, 0) is 24.6 Å². The molecule has 20 heavy (non-hydrogen) atoms. The molecule has 0 aromatic carbocycles. The van der Waals surface area contributed by atoms with Gasteiger partial charge >= 0.3 is 0 Å². The summed E-state index contributed by atoms with van der Waals surface area (Å²) in [5.41, 5.74) is 0.436. The molecule has 4 heterocycles. The molecule has 2 saturated heterocycles. The molecule has 0 atom stereocenters. The number of hydrogen-bond donors (Lipinski definition) is 0. The molecule has 0 amide bonds. The molecule has 5 heteroatoms. The van der Waals surface area contributed by atoms with Crippen LogP contribution in [0.25, 0.3) is 0 Å². The Morgan fingerprint density at radius 1 is 1.15 bits per heavy atom. The summed E-state index contributed by atoms with van der Waals surface area (Å²) in [4.78, 5) is 13.5. The predicted molar refractivity (Wildman–Crippen MR) is 75.3 cm³/mol. The Labute approximate surface area is 118 Å². The van der Waals surface area contributed by atoms with Crippen LogP contribution >= 0.6 is 0 Å². The van der Waals surface area contributed by atoms with Gasteiger partial charge in [-0.25, -0.2) is 9.97 Å². The molecule has 1 spiro atoms. The average molecular weight is 270 g/mol. The van der Waals surface area contributed by atoms with E-state index in [1.807, 2.05) is 30.6 Å². The van der Waals surface area contributed by atoms with Gasteiger partial charge < -0.3 is 9.32 Å². The zero-order valence-corrected chi connectivity index (χ0v) is 11.4. The molecule has 0 bridgehead atoms. The Morgan fingerprint density at radius 3 is 2.75 bits per heavy atom. The molecule has 2 aliphatic heterocycles. The van der Waals surface area contributed by atoms with E-state index in [9.17, 15) is 0 Å². The normalized spacial score (nSPS) is 21.3. The van der Waals surface area contributed by atoms with Crippen LogP contribution in [0.1, 0.15) is 12.2 Å². The molecule has 2 aromatic heterocycles. The van der Waals surface area contributed by atoms with Crippen LogP contribution in [0.5, 0.6) is 0 Å². The van der Waals surface area contributed by atoms with Gasteiger partial charge in [-0.2, -0.15) is 0 Å². The fraction of sp³-hybridized carbons (Fsp3) is 0.467. The van der Waals surface area contributed by atoms with Crippen molar-refractivity contribution < 1.29 is 4.42 Å². The lowest BCUT2D eigenvalue weighted by Gasteiger charge is -2.47. The first kappa shape index (κ1) is 11.9. The molecular formula is C15H18N4O. The number of likely N-dealkylation sites (tertiary alicyclic amines) is 1. The molecule has 0 radical (unpaired) electrons. The Morgan fingerprint density at radius 2 is 2.00 bits per heavy atom. The Kier molecular flexibility index (Phi) is 2.73. The van der Waals surface area contributed by atoms with Gasteiger partial charge in [-0.15, -0.1) is 0 Å². The molecule has 0 N–H and O–H groups in total. The summed E-state index contributed by atoms with van der Waals surface area (Å²) < 4.78 is 5.41. The molecule has 4 rings (SSSR count). The van der Waals surface area contributed by atoms with Crippen molar-refractivity contribution in [2.24, 2.45) is 5.41 Å². The summed E-state index contributed by atoms with van der Waals surface area (Å²) in [5, 5.41) is 0. The third kappa shape index (κ3) is 2.08. The standard InChI is InChI=1S/C15H18N4O/c1-3-13(20-8-1)9-18-10-15(11-18)4-7-19(12-15)14-16-5-2-6-17-14/h1-3,5-6,8H,4,7,9-12H2. The lowest BCUT2D eigenvalue weighted by molar-refractivity contribution is 0.00694. The van der Waals surface area contributed by atoms with E-state index in [0.29, 0.717) is 5.41 Å². The zero-order valence-electron chi connectivity index (χ0n) is 11.4. The highest BCUT2D eigenvalue weighted by atomic mass is 16.3. The number of anilines is 1. The van der Waals surface area contributed by atoms with Gasteiger partial charge in [0.1, 0.15) is 5.76 Å². The van der Waals surface area contributed by atoms with Crippen molar-refractivity contribution in [1.29, 1.82) is 0 Å². The van der Waals surface area contributed by atoms with Crippen molar-refractivity contribution in [2.75, 3.05) is 31.1 Å². The minimum atomic E-state index is 0.436. The molecule has 2 aromatic rings. The highest BCUT2D eigenvalue weighted by molar-refractivity contribution is 5.32. The van der Waals surface area contributed by atoms with Gasteiger partial charge in [0.2, 0.25) is 5.95 Å². The van der Waals surface area contributed by atoms with Gasteiger partial charge in [0.05, 0.1) is 12.8 Å². The number of nitrogens with zero attached hydrogens (tertiary/aromatic N) is 4. The molecule has 0 aliphatic carbocycles. The molecule has 5 nitrogen and oxygen atoms in total. The van der Waals surface area contributed by atoms with Crippen molar-refractivity contribution in [3.8, 4) is 0 Å². The highest BCUT2D eigenvalue weighted by Crippen LogP contribution is 2.40. The van der Waals surface area contributed by atoms with Gasteiger partial charge in [0, 0.05) is 44.0 Å². The summed E-state index contributed by atoms with van der Waals surface area (Å²) >= 11 is 0. The third-order valence-electron chi connectivity index (χ3n) is 4.35. The fourth-order valence-corrected chi connectivity index (χ4v) is 3.46. The minimum absolute atomic E-state index is 0.436. The van der Waals surface area contributed by atoms with Crippen LogP contribution in [0.4, 0.5) is 5.95 Å². The molecule has 0 unspecified atom stereocenters. The Balaban J connectivity index is 1.36. The summed E-state index contributed by atoms with van der Waals surface area (Å²) in [6.07, 6.45) is 6.61. The minimum Gasteiger partial charge on any atom is -0.468 e. The van der Waals surface area contributed by atoms with Crippen LogP contribution in [0.2, 0.25) is 0 Å². The SMILES string of the molecule is c1cnc(N2CCC3(CN(Cc4ccco4)C3)C2)nc1. The van der Waals surface area contributed by atoms with E-state index in [2.05, 4.69) is 19.8 Å². The van der Waals surface area contributed by atoms with E-state index < -0.39 is 0 Å². The molecule has 0 saturated carbocycles. The molecule has 104 valence electrons. The third-order valence-corrected chi connectivity index (χ3v) is 4.35. The summed E-state index contributed by atoms with van der Waals surface area (Å²) in [6.45, 7) is 5.37. The van der Waals surface area contributed by atoms with E-state index in [1.54, 1.807) is 6.26 Å². The van der Waals surface area contributed by atoms with Crippen LogP contribution in [-0.2, 0) is 6.54 Å². The summed E-state index contributed by atoms with van der Waals surface area (Å²) in [5.74, 6) is 1.93. The van der Waals surface area contributed by atoms with E-state index in [1.165, 1.54) is 6.42 Å². The van der Waals surface area contributed by atoms with Crippen LogP contribution in [0, 0.1) is 5.41 Å². The van der Waals surface area contributed by atoms with Crippen LogP contribution < -0.4 is 4.90 Å². The van der Waals surface area contributed by atoms with Gasteiger partial charge in [0.15, 0.2) is 0 Å². The predicted octanol–water partition coefficient (Wildman–Crippen LogP) is 1.78. The maximum absolute atomic E-state index is 5.41. The largest absolute Gasteiger partial charge is 0.468 e. The Hall–Kier alpha value is -1.88. The van der Waals surface area contributed by atoms with Crippen LogP contribution in [0.3, 0.4) is 0 Å². The second-order valence-electron chi connectivity index (χ2n) is 5.94. The number of furan rings is 1. The van der Waals surface area contributed by atoms with Gasteiger partial charge in [0.25, 0.3) is 0 Å². The lowest BCUT2D eigenvalue weighted by Crippen LogP contribution is -2.56. The van der Waals surface area contributed by atoms with Gasteiger partial charge in [-0.1, -0.05) is 0 Å². The number of hydrogen-bond acceptors (Lipinski definition) is 5. The van der Waals surface area contributed by atoms with Crippen molar-refractivity contribution in [3.63, 3.8) is 0 Å². The van der Waals surface area contributed by atoms with E-state index >= 15 is 0 Å². The number of rotatable bonds is 3. The second kappa shape index (κ2) is 4.59. The van der Waals surface area contributed by atoms with Crippen molar-refractivity contribution in [1.82, 2.24) is 14.9 Å². The van der Waals surface area contributed by atoms with E-state index in [-0.39, 0.29) is 0 Å². The monoisotopic (exact) mass is 270 g/mol. The van der Waals surface area contributed by atoms with E-state index in [4.69, 9.17) is 4.42 Å². The molecule has 2 aliphatic rings. The van der Waals surface area contributed by atoms with Crippen molar-refractivity contribution in [3.05, 3.63) is 42.6 Å². The smallest absolute Gasteiger partial charge is 0.225 e. The van der Waals surface area contributed by atoms with Crippen molar-refractivity contribution in [2.45, 2.75) is 13.0 Å². The summed E-state index contributed by atoms with van der Waals surface area (Å²) in [7, 11) is 0. The quantitative estimate of drug-likeness (QED) is 0.850. The lowest BCUT2D eigenvalue weighted by atomic mass is 9.79. The topological polar surface area (TPSA) is 45.4 Å². The summed E-state index contributed by atoms with van der Waals surface area (Å²) in [6, 6.07) is 5.86. The first-order chi connectivity index (χ1) is 9.83. The zero-order chi connectivity index (χ0) is 13.4. The Bertz CT molecular complexity index is 563. The van der Waals surface area contributed by atoms with Crippen molar-refractivity contribution >= 4 is 5.95 Å². The van der Waals surface area contributed by atoms with Crippen LogP contribution in [-0.4, -0.2) is 41.0 Å². The second-order valence-corrected chi connectivity index (χ2v) is 5.94.